The number of benzene rings is 1. The lowest BCUT2D eigenvalue weighted by Gasteiger charge is -2.04. The van der Waals surface area contributed by atoms with Gasteiger partial charge in [0.25, 0.3) is 0 Å². The summed E-state index contributed by atoms with van der Waals surface area (Å²) in [5, 5.41) is 9.35. The van der Waals surface area contributed by atoms with Crippen LogP contribution in [0.4, 0.5) is 4.39 Å². The maximum Gasteiger partial charge on any atom is 0.166 e. The van der Waals surface area contributed by atoms with Gasteiger partial charge in [-0.25, -0.2) is 4.39 Å². The van der Waals surface area contributed by atoms with Crippen molar-refractivity contribution in [2.45, 2.75) is 26.7 Å². The molecule has 1 aromatic rings. The van der Waals surface area contributed by atoms with Gasteiger partial charge >= 0.3 is 0 Å². The number of ketones is 1. The monoisotopic (exact) mass is 196 g/mol. The average Bonchev–Trinajstić information content (AvgIpc) is 2.11. The van der Waals surface area contributed by atoms with Crippen molar-refractivity contribution >= 4 is 5.78 Å². The number of rotatable bonds is 3. The van der Waals surface area contributed by atoms with Gasteiger partial charge in [-0.15, -0.1) is 0 Å². The lowest BCUT2D eigenvalue weighted by atomic mass is 10.0. The molecule has 0 saturated heterocycles. The van der Waals surface area contributed by atoms with Gasteiger partial charge in [-0.2, -0.15) is 0 Å². The Balaban J connectivity index is 3.09. The fourth-order valence-electron chi connectivity index (χ4n) is 1.26. The molecule has 1 rings (SSSR count). The van der Waals surface area contributed by atoms with E-state index in [4.69, 9.17) is 0 Å². The molecule has 0 radical (unpaired) electrons. The lowest BCUT2D eigenvalue weighted by Crippen LogP contribution is -2.00. The Kier molecular flexibility index (Phi) is 3.23. The van der Waals surface area contributed by atoms with E-state index in [1.54, 1.807) is 6.92 Å². The van der Waals surface area contributed by atoms with Gasteiger partial charge in [0.1, 0.15) is 11.6 Å². The van der Waals surface area contributed by atoms with Crippen molar-refractivity contribution in [3.63, 3.8) is 0 Å². The molecule has 1 N–H and O–H groups in total. The Bertz CT molecular complexity index is 359. The van der Waals surface area contributed by atoms with Crippen LogP contribution in [0.2, 0.25) is 0 Å². The molecule has 0 fully saturated rings. The number of Topliss-reactive ketones (excluding diaryl/α,β-unsaturated/α-hetero) is 1. The number of hydrogen-bond acceptors (Lipinski definition) is 2. The predicted molar refractivity (Wildman–Crippen MR) is 52.0 cm³/mol. The molecule has 0 aliphatic carbocycles. The highest BCUT2D eigenvalue weighted by atomic mass is 19.1. The molecule has 76 valence electrons. The van der Waals surface area contributed by atoms with Gasteiger partial charge < -0.3 is 5.11 Å². The molecule has 0 aliphatic heterocycles. The zero-order chi connectivity index (χ0) is 10.7. The van der Waals surface area contributed by atoms with Gasteiger partial charge in [-0.3, -0.25) is 4.79 Å². The predicted octanol–water partition coefficient (Wildman–Crippen LogP) is 2.82. The molecule has 0 aromatic heterocycles. The zero-order valence-electron chi connectivity index (χ0n) is 8.30. The van der Waals surface area contributed by atoms with Crippen LogP contribution >= 0.6 is 0 Å². The smallest absolute Gasteiger partial charge is 0.166 e. The number of phenols is 1. The first-order chi connectivity index (χ1) is 6.56. The largest absolute Gasteiger partial charge is 0.507 e. The Morgan fingerprint density at radius 3 is 2.71 bits per heavy atom. The fourth-order valence-corrected chi connectivity index (χ4v) is 1.26. The summed E-state index contributed by atoms with van der Waals surface area (Å²) < 4.78 is 12.9. The molecule has 0 amide bonds. The minimum absolute atomic E-state index is 0.145. The molecular weight excluding hydrogens is 183 g/mol. The van der Waals surface area contributed by atoms with E-state index in [1.165, 1.54) is 6.07 Å². The van der Waals surface area contributed by atoms with Crippen LogP contribution in [0.5, 0.6) is 5.75 Å². The van der Waals surface area contributed by atoms with Gasteiger partial charge in [0.05, 0.1) is 5.56 Å². The third kappa shape index (κ3) is 2.10. The van der Waals surface area contributed by atoms with Gasteiger partial charge in [0.2, 0.25) is 0 Å². The van der Waals surface area contributed by atoms with Gasteiger partial charge in [0.15, 0.2) is 5.78 Å². The van der Waals surface area contributed by atoms with Crippen LogP contribution < -0.4 is 0 Å². The van der Waals surface area contributed by atoms with Crippen LogP contribution in [0.25, 0.3) is 0 Å². The Morgan fingerprint density at radius 2 is 2.14 bits per heavy atom. The van der Waals surface area contributed by atoms with E-state index in [2.05, 4.69) is 0 Å². The van der Waals surface area contributed by atoms with Crippen molar-refractivity contribution in [3.05, 3.63) is 29.1 Å². The summed E-state index contributed by atoms with van der Waals surface area (Å²) in [6, 6.07) is 2.38. The van der Waals surface area contributed by atoms with Crippen LogP contribution in [0.15, 0.2) is 12.1 Å². The van der Waals surface area contributed by atoms with Crippen LogP contribution in [0.1, 0.15) is 35.7 Å². The molecule has 0 bridgehead atoms. The normalized spacial score (nSPS) is 10.2. The summed E-state index contributed by atoms with van der Waals surface area (Å²) in [4.78, 5) is 11.4. The number of carbonyl (C=O) groups excluding carboxylic acids is 1. The van der Waals surface area contributed by atoms with Crippen molar-refractivity contribution < 1.29 is 14.3 Å². The molecule has 3 heteroatoms. The number of aromatic hydroxyl groups is 1. The van der Waals surface area contributed by atoms with Crippen LogP contribution in [0.3, 0.4) is 0 Å². The first-order valence-corrected chi connectivity index (χ1v) is 4.58. The minimum Gasteiger partial charge on any atom is -0.507 e. The summed E-state index contributed by atoms with van der Waals surface area (Å²) in [5.74, 6) is -0.907. The molecule has 0 atom stereocenters. The summed E-state index contributed by atoms with van der Waals surface area (Å²) in [7, 11) is 0. The summed E-state index contributed by atoms with van der Waals surface area (Å²) >= 11 is 0. The third-order valence-electron chi connectivity index (χ3n) is 2.05. The molecule has 0 heterocycles. The molecule has 0 aliphatic rings. The second kappa shape index (κ2) is 4.22. The fraction of sp³-hybridized carbons (Fsp3) is 0.364. The van der Waals surface area contributed by atoms with Gasteiger partial charge in [-0.05, 0) is 25.0 Å². The zero-order valence-corrected chi connectivity index (χ0v) is 8.30. The van der Waals surface area contributed by atoms with E-state index >= 15 is 0 Å². The molecule has 0 unspecified atom stereocenters. The quantitative estimate of drug-likeness (QED) is 0.755. The van der Waals surface area contributed by atoms with E-state index in [1.807, 2.05) is 6.92 Å². The van der Waals surface area contributed by atoms with Crippen LogP contribution in [0, 0.1) is 12.7 Å². The summed E-state index contributed by atoms with van der Waals surface area (Å²) in [6.45, 7) is 3.45. The standard InChI is InChI=1S/C11H13FO2/c1-3-4-10(13)8-5-7(2)9(12)6-11(8)14/h5-6,14H,3-4H2,1-2H3. The first kappa shape index (κ1) is 10.7. The van der Waals surface area contributed by atoms with Crippen molar-refractivity contribution in [2.24, 2.45) is 0 Å². The minimum atomic E-state index is -0.490. The lowest BCUT2D eigenvalue weighted by molar-refractivity contribution is 0.0979. The van der Waals surface area contributed by atoms with Crippen molar-refractivity contribution in [1.82, 2.24) is 0 Å². The van der Waals surface area contributed by atoms with Crippen LogP contribution in [-0.4, -0.2) is 10.9 Å². The Labute approximate surface area is 82.4 Å². The van der Waals surface area contributed by atoms with Crippen LogP contribution in [-0.2, 0) is 0 Å². The number of phenolic OH excluding ortho intramolecular Hbond substituents is 1. The molecule has 1 aromatic carbocycles. The molecule has 14 heavy (non-hydrogen) atoms. The second-order valence-electron chi connectivity index (χ2n) is 3.29. The number of halogens is 1. The van der Waals surface area contributed by atoms with Gasteiger partial charge in [-0.1, -0.05) is 6.92 Å². The van der Waals surface area contributed by atoms with Crippen molar-refractivity contribution in [1.29, 1.82) is 0 Å². The third-order valence-corrected chi connectivity index (χ3v) is 2.05. The molecule has 0 spiro atoms. The first-order valence-electron chi connectivity index (χ1n) is 4.58. The Hall–Kier alpha value is -1.38. The summed E-state index contributed by atoms with van der Waals surface area (Å²) in [6.07, 6.45) is 1.09. The highest BCUT2D eigenvalue weighted by molar-refractivity contribution is 5.98. The van der Waals surface area contributed by atoms with E-state index in [0.29, 0.717) is 18.4 Å². The van der Waals surface area contributed by atoms with E-state index in [0.717, 1.165) is 6.07 Å². The summed E-state index contributed by atoms with van der Waals surface area (Å²) in [5.41, 5.74) is 0.591. The number of hydrogen-bond donors (Lipinski definition) is 1. The highest BCUT2D eigenvalue weighted by Crippen LogP contribution is 2.22. The highest BCUT2D eigenvalue weighted by Gasteiger charge is 2.12. The molecule has 2 nitrogen and oxygen atoms in total. The van der Waals surface area contributed by atoms with Gasteiger partial charge in [0, 0.05) is 12.5 Å². The average molecular weight is 196 g/mol. The van der Waals surface area contributed by atoms with E-state index in [-0.39, 0.29) is 17.1 Å². The Morgan fingerprint density at radius 1 is 1.50 bits per heavy atom. The number of aryl methyl sites for hydroxylation is 1. The SMILES string of the molecule is CCCC(=O)c1cc(C)c(F)cc1O. The second-order valence-corrected chi connectivity index (χ2v) is 3.29. The molecular formula is C11H13FO2. The number of carbonyl (C=O) groups is 1. The van der Waals surface area contributed by atoms with Crippen molar-refractivity contribution in [2.75, 3.05) is 0 Å². The maximum absolute atomic E-state index is 12.9. The topological polar surface area (TPSA) is 37.3 Å². The maximum atomic E-state index is 12.9. The van der Waals surface area contributed by atoms with Crippen molar-refractivity contribution in [3.8, 4) is 5.75 Å². The molecule has 0 saturated carbocycles. The van der Waals surface area contributed by atoms with E-state index in [9.17, 15) is 14.3 Å². The van der Waals surface area contributed by atoms with E-state index < -0.39 is 5.82 Å².